The van der Waals surface area contributed by atoms with Crippen molar-refractivity contribution >= 4 is 40.2 Å². The number of nitrogens with zero attached hydrogens (tertiary/aromatic N) is 2. The molecule has 0 aliphatic carbocycles. The second kappa shape index (κ2) is 8.24. The van der Waals surface area contributed by atoms with Crippen molar-refractivity contribution in [1.29, 1.82) is 0 Å². The third-order valence-electron chi connectivity index (χ3n) is 4.10. The Balaban J connectivity index is 2.22. The van der Waals surface area contributed by atoms with Crippen molar-refractivity contribution in [2.75, 3.05) is 0 Å². The molecular weight excluding hydrogens is 432 g/mol. The first-order valence-electron chi connectivity index (χ1n) is 9.13. The quantitative estimate of drug-likeness (QED) is 0.576. The summed E-state index contributed by atoms with van der Waals surface area (Å²) < 4.78 is 20.5. The van der Waals surface area contributed by atoms with Crippen molar-refractivity contribution in [2.24, 2.45) is 0 Å². The SMILES string of the molecule is C[C@H](NC(=O)OC(C)(C)C)c1nc2cccc(Cl)c2c(=O)n1-c1cc(F)cc(Cl)c1. The van der Waals surface area contributed by atoms with Crippen molar-refractivity contribution < 1.29 is 13.9 Å². The molecule has 1 amide bonds. The van der Waals surface area contributed by atoms with Crippen LogP contribution >= 0.6 is 23.2 Å². The fraction of sp³-hybridized carbons (Fsp3) is 0.286. The topological polar surface area (TPSA) is 73.2 Å². The summed E-state index contributed by atoms with van der Waals surface area (Å²) in [5.41, 5.74) is -0.712. The number of aromatic nitrogens is 2. The number of halogens is 3. The Labute approximate surface area is 182 Å². The largest absolute Gasteiger partial charge is 0.444 e. The maximum Gasteiger partial charge on any atom is 0.408 e. The summed E-state index contributed by atoms with van der Waals surface area (Å²) in [6, 6.07) is 7.82. The van der Waals surface area contributed by atoms with Gasteiger partial charge in [-0.3, -0.25) is 9.36 Å². The first kappa shape index (κ1) is 22.1. The number of carbonyl (C=O) groups is 1. The maximum absolute atomic E-state index is 14.0. The molecule has 6 nitrogen and oxygen atoms in total. The van der Waals surface area contributed by atoms with Crippen molar-refractivity contribution in [3.05, 3.63) is 68.4 Å². The molecule has 158 valence electrons. The van der Waals surface area contributed by atoms with E-state index in [0.717, 1.165) is 12.1 Å². The van der Waals surface area contributed by atoms with Crippen LogP contribution in [0, 0.1) is 5.82 Å². The van der Waals surface area contributed by atoms with Gasteiger partial charge in [0.1, 0.15) is 17.2 Å². The molecule has 1 N–H and O–H groups in total. The van der Waals surface area contributed by atoms with Gasteiger partial charge in [0.2, 0.25) is 0 Å². The molecule has 1 atom stereocenters. The fourth-order valence-corrected chi connectivity index (χ4v) is 3.43. The number of fused-ring (bicyclic) bond motifs is 1. The maximum atomic E-state index is 14.0. The normalized spacial score (nSPS) is 12.6. The second-order valence-corrected chi connectivity index (χ2v) is 8.58. The molecule has 0 aliphatic heterocycles. The van der Waals surface area contributed by atoms with E-state index >= 15 is 0 Å². The molecule has 0 unspecified atom stereocenters. The number of benzene rings is 2. The molecule has 3 rings (SSSR count). The van der Waals surface area contributed by atoms with E-state index in [1.54, 1.807) is 45.9 Å². The van der Waals surface area contributed by atoms with Gasteiger partial charge in [0.15, 0.2) is 0 Å². The highest BCUT2D eigenvalue weighted by molar-refractivity contribution is 6.35. The summed E-state index contributed by atoms with van der Waals surface area (Å²) in [6.45, 7) is 6.84. The van der Waals surface area contributed by atoms with Crippen LogP contribution in [0.1, 0.15) is 39.6 Å². The Hall–Kier alpha value is -2.64. The van der Waals surface area contributed by atoms with Crippen LogP contribution in [0.5, 0.6) is 0 Å². The molecule has 2 aromatic carbocycles. The predicted molar refractivity (Wildman–Crippen MR) is 115 cm³/mol. The number of amides is 1. The van der Waals surface area contributed by atoms with Gasteiger partial charge in [-0.2, -0.15) is 0 Å². The van der Waals surface area contributed by atoms with Crippen molar-refractivity contribution in [1.82, 2.24) is 14.9 Å². The minimum absolute atomic E-state index is 0.106. The number of hydrogen-bond acceptors (Lipinski definition) is 4. The Morgan fingerprint density at radius 2 is 1.93 bits per heavy atom. The van der Waals surface area contributed by atoms with Gasteiger partial charge in [0, 0.05) is 5.02 Å². The molecule has 1 aromatic heterocycles. The van der Waals surface area contributed by atoms with Crippen LogP contribution in [0.15, 0.2) is 41.2 Å². The van der Waals surface area contributed by atoms with Gasteiger partial charge in [0.25, 0.3) is 5.56 Å². The molecule has 0 fully saturated rings. The molecule has 0 saturated carbocycles. The third kappa shape index (κ3) is 4.74. The Bertz CT molecular complexity index is 1170. The number of nitrogens with one attached hydrogen (secondary N) is 1. The van der Waals surface area contributed by atoms with Crippen LogP contribution < -0.4 is 10.9 Å². The minimum Gasteiger partial charge on any atom is -0.444 e. The number of alkyl carbamates (subject to hydrolysis) is 1. The molecule has 0 aliphatic rings. The molecule has 0 radical (unpaired) electrons. The summed E-state index contributed by atoms with van der Waals surface area (Å²) in [5.74, 6) is -0.454. The van der Waals surface area contributed by atoms with Crippen molar-refractivity contribution in [3.8, 4) is 5.69 Å². The predicted octanol–water partition coefficient (Wildman–Crippen LogP) is 5.42. The Morgan fingerprint density at radius 1 is 1.23 bits per heavy atom. The second-order valence-electron chi connectivity index (χ2n) is 7.74. The molecule has 0 bridgehead atoms. The van der Waals surface area contributed by atoms with Gasteiger partial charge >= 0.3 is 6.09 Å². The molecular formula is C21H20Cl2FN3O3. The van der Waals surface area contributed by atoms with Crippen molar-refractivity contribution in [3.63, 3.8) is 0 Å². The lowest BCUT2D eigenvalue weighted by atomic mass is 10.2. The standard InChI is InChI=1S/C21H20Cl2FN3O3/c1-11(25-20(29)30-21(2,3)4)18-26-16-7-5-6-15(23)17(16)19(28)27(18)14-9-12(22)8-13(24)10-14/h5-11H,1-4H3,(H,25,29)/t11-/m0/s1. The highest BCUT2D eigenvalue weighted by Crippen LogP contribution is 2.25. The van der Waals surface area contributed by atoms with E-state index in [4.69, 9.17) is 27.9 Å². The average molecular weight is 452 g/mol. The molecule has 3 aromatic rings. The highest BCUT2D eigenvalue weighted by atomic mass is 35.5. The number of rotatable bonds is 3. The molecule has 0 spiro atoms. The van der Waals surface area contributed by atoms with Gasteiger partial charge in [-0.05, 0) is 58.0 Å². The highest BCUT2D eigenvalue weighted by Gasteiger charge is 2.23. The average Bonchev–Trinajstić information content (AvgIpc) is 2.58. The summed E-state index contributed by atoms with van der Waals surface area (Å²) in [6.07, 6.45) is -0.681. The first-order chi connectivity index (χ1) is 14.0. The van der Waals surface area contributed by atoms with Gasteiger partial charge < -0.3 is 10.1 Å². The molecule has 1 heterocycles. The van der Waals surface area contributed by atoms with Crippen LogP contribution in [0.3, 0.4) is 0 Å². The molecule has 30 heavy (non-hydrogen) atoms. The Kier molecular flexibility index (Phi) is 6.06. The minimum atomic E-state index is -0.752. The van der Waals surface area contributed by atoms with Gasteiger partial charge in [-0.25, -0.2) is 14.2 Å². The van der Waals surface area contributed by atoms with E-state index in [1.807, 2.05) is 0 Å². The van der Waals surface area contributed by atoms with Crippen LogP contribution in [-0.4, -0.2) is 21.2 Å². The van der Waals surface area contributed by atoms with Crippen molar-refractivity contribution in [2.45, 2.75) is 39.3 Å². The monoisotopic (exact) mass is 451 g/mol. The van der Waals surface area contributed by atoms with Gasteiger partial charge in [-0.15, -0.1) is 0 Å². The molecule has 0 saturated heterocycles. The summed E-state index contributed by atoms with van der Waals surface area (Å²) >= 11 is 12.2. The lowest BCUT2D eigenvalue weighted by molar-refractivity contribution is 0.0505. The molecule has 9 heteroatoms. The van der Waals surface area contributed by atoms with Crippen LogP contribution in [0.25, 0.3) is 16.6 Å². The lowest BCUT2D eigenvalue weighted by Crippen LogP contribution is -2.37. The first-order valence-corrected chi connectivity index (χ1v) is 9.89. The zero-order chi connectivity index (χ0) is 22.2. The Morgan fingerprint density at radius 3 is 2.57 bits per heavy atom. The van der Waals surface area contributed by atoms with E-state index in [1.165, 1.54) is 10.6 Å². The summed E-state index contributed by atoms with van der Waals surface area (Å²) in [5, 5.41) is 3.14. The van der Waals surface area contributed by atoms with Crippen LogP contribution in [-0.2, 0) is 4.74 Å². The smallest absolute Gasteiger partial charge is 0.408 e. The number of carbonyl (C=O) groups excluding carboxylic acids is 1. The van der Waals surface area contributed by atoms with E-state index in [2.05, 4.69) is 10.3 Å². The van der Waals surface area contributed by atoms with E-state index in [-0.39, 0.29) is 26.9 Å². The van der Waals surface area contributed by atoms with Crippen LogP contribution in [0.4, 0.5) is 9.18 Å². The fourth-order valence-electron chi connectivity index (χ4n) is 2.96. The van der Waals surface area contributed by atoms with Crippen LogP contribution in [0.2, 0.25) is 10.0 Å². The zero-order valence-electron chi connectivity index (χ0n) is 16.8. The lowest BCUT2D eigenvalue weighted by Gasteiger charge is -2.23. The van der Waals surface area contributed by atoms with E-state index in [0.29, 0.717) is 5.52 Å². The number of hydrogen-bond donors (Lipinski definition) is 1. The van der Waals surface area contributed by atoms with E-state index < -0.39 is 29.1 Å². The zero-order valence-corrected chi connectivity index (χ0v) is 18.3. The number of ether oxygens (including phenoxy) is 1. The van der Waals surface area contributed by atoms with E-state index in [9.17, 15) is 14.0 Å². The summed E-state index contributed by atoms with van der Waals surface area (Å²) in [7, 11) is 0. The van der Waals surface area contributed by atoms with Gasteiger partial charge in [-0.1, -0.05) is 29.3 Å². The third-order valence-corrected chi connectivity index (χ3v) is 4.63. The summed E-state index contributed by atoms with van der Waals surface area (Å²) in [4.78, 5) is 30.1. The van der Waals surface area contributed by atoms with Gasteiger partial charge in [0.05, 0.1) is 27.7 Å².